The number of nitrogens with zero attached hydrogens (tertiary/aromatic N) is 2. The van der Waals surface area contributed by atoms with E-state index in [1.807, 2.05) is 45.0 Å². The number of hydrogen-bond acceptors (Lipinski definition) is 5. The first kappa shape index (κ1) is 18.0. The van der Waals surface area contributed by atoms with E-state index in [-0.39, 0.29) is 23.9 Å². The first-order valence-corrected chi connectivity index (χ1v) is 9.13. The van der Waals surface area contributed by atoms with Crippen LogP contribution in [-0.4, -0.2) is 15.7 Å². The molecule has 0 aliphatic carbocycles. The van der Waals surface area contributed by atoms with Crippen LogP contribution >= 0.6 is 0 Å². The van der Waals surface area contributed by atoms with Gasteiger partial charge in [0.25, 0.3) is 5.56 Å². The first-order chi connectivity index (χ1) is 13.5. The molecule has 0 amide bonds. The summed E-state index contributed by atoms with van der Waals surface area (Å²) < 4.78 is 12.6. The zero-order chi connectivity index (χ0) is 19.8. The molecule has 6 heteroatoms. The van der Waals surface area contributed by atoms with E-state index in [1.165, 1.54) is 4.68 Å². The topological polar surface area (TPSA) is 74.3 Å². The number of aryl methyl sites for hydroxylation is 1. The van der Waals surface area contributed by atoms with Crippen LogP contribution < -0.4 is 5.56 Å². The zero-order valence-corrected chi connectivity index (χ0v) is 15.9. The third kappa shape index (κ3) is 2.97. The Balaban J connectivity index is 1.70. The van der Waals surface area contributed by atoms with E-state index >= 15 is 0 Å². The number of carbonyl (C=O) groups is 1. The second-order valence-electron chi connectivity index (χ2n) is 6.96. The molecule has 0 atom stereocenters. The Labute approximate surface area is 161 Å². The van der Waals surface area contributed by atoms with Crippen molar-refractivity contribution in [3.8, 4) is 0 Å². The number of fused-ring (bicyclic) bond motifs is 2. The number of hydrogen-bond donors (Lipinski definition) is 0. The molecule has 4 aromatic rings. The average molecular weight is 376 g/mol. The van der Waals surface area contributed by atoms with E-state index in [1.54, 1.807) is 24.3 Å². The fourth-order valence-corrected chi connectivity index (χ4v) is 3.27. The van der Waals surface area contributed by atoms with Gasteiger partial charge in [0.1, 0.15) is 18.0 Å². The highest BCUT2D eigenvalue weighted by atomic mass is 16.5. The summed E-state index contributed by atoms with van der Waals surface area (Å²) in [5.74, 6) is 0.00138. The van der Waals surface area contributed by atoms with Gasteiger partial charge in [-0.05, 0) is 32.9 Å². The third-order valence-electron chi connectivity index (χ3n) is 4.79. The van der Waals surface area contributed by atoms with E-state index < -0.39 is 5.97 Å². The summed E-state index contributed by atoms with van der Waals surface area (Å²) in [5.41, 5.74) is 1.59. The Morgan fingerprint density at radius 1 is 1.07 bits per heavy atom. The molecule has 142 valence electrons. The summed E-state index contributed by atoms with van der Waals surface area (Å²) in [4.78, 5) is 25.4. The lowest BCUT2D eigenvalue weighted by Crippen LogP contribution is -2.27. The highest BCUT2D eigenvalue weighted by Crippen LogP contribution is 2.26. The van der Waals surface area contributed by atoms with E-state index in [9.17, 15) is 9.59 Å². The van der Waals surface area contributed by atoms with E-state index in [4.69, 9.17) is 9.15 Å². The number of ether oxygens (including phenoxy) is 1. The van der Waals surface area contributed by atoms with Crippen molar-refractivity contribution in [3.63, 3.8) is 0 Å². The molecule has 0 unspecified atom stereocenters. The van der Waals surface area contributed by atoms with Gasteiger partial charge in [0.15, 0.2) is 5.69 Å². The summed E-state index contributed by atoms with van der Waals surface area (Å²) in [7, 11) is 0. The second kappa shape index (κ2) is 6.96. The van der Waals surface area contributed by atoms with Crippen LogP contribution in [0.5, 0.6) is 0 Å². The normalized spacial score (nSPS) is 11.4. The number of carbonyl (C=O) groups excluding carboxylic acids is 1. The summed E-state index contributed by atoms with van der Waals surface area (Å²) in [6.07, 6.45) is 0. The van der Waals surface area contributed by atoms with Crippen LogP contribution in [0.3, 0.4) is 0 Å². The lowest BCUT2D eigenvalue weighted by molar-refractivity contribution is 0.0439. The maximum Gasteiger partial charge on any atom is 0.359 e. The highest BCUT2D eigenvalue weighted by molar-refractivity contribution is 6.02. The Morgan fingerprint density at radius 2 is 1.71 bits per heavy atom. The maximum atomic E-state index is 12.8. The largest absolute Gasteiger partial charge is 0.457 e. The molecule has 0 aliphatic heterocycles. The van der Waals surface area contributed by atoms with Crippen LogP contribution in [0, 0.1) is 6.92 Å². The first-order valence-electron chi connectivity index (χ1n) is 9.13. The van der Waals surface area contributed by atoms with Crippen LogP contribution in [0.15, 0.2) is 57.7 Å². The number of para-hydroxylation sites is 1. The van der Waals surface area contributed by atoms with Gasteiger partial charge in [-0.3, -0.25) is 4.79 Å². The molecular weight excluding hydrogens is 356 g/mol. The number of aromatic nitrogens is 2. The van der Waals surface area contributed by atoms with Crippen molar-refractivity contribution < 1.29 is 13.9 Å². The van der Waals surface area contributed by atoms with Crippen molar-refractivity contribution in [2.45, 2.75) is 33.4 Å². The summed E-state index contributed by atoms with van der Waals surface area (Å²) in [5, 5.41) is 6.19. The Kier molecular flexibility index (Phi) is 4.47. The van der Waals surface area contributed by atoms with Crippen molar-refractivity contribution in [3.05, 3.63) is 75.9 Å². The molecule has 0 N–H and O–H groups in total. The molecule has 0 saturated heterocycles. The van der Waals surface area contributed by atoms with E-state index in [0.717, 1.165) is 16.5 Å². The molecule has 0 aliphatic rings. The van der Waals surface area contributed by atoms with Gasteiger partial charge in [-0.1, -0.05) is 36.4 Å². The van der Waals surface area contributed by atoms with Crippen LogP contribution in [-0.2, 0) is 11.3 Å². The smallest absolute Gasteiger partial charge is 0.359 e. The molecule has 0 spiro atoms. The van der Waals surface area contributed by atoms with Crippen molar-refractivity contribution in [1.29, 1.82) is 0 Å². The van der Waals surface area contributed by atoms with Gasteiger partial charge in [-0.15, -0.1) is 0 Å². The van der Waals surface area contributed by atoms with Gasteiger partial charge in [-0.2, -0.15) is 5.10 Å². The molecule has 4 rings (SSSR count). The fourth-order valence-electron chi connectivity index (χ4n) is 3.27. The lowest BCUT2D eigenvalue weighted by atomic mass is 10.1. The predicted octanol–water partition coefficient (Wildman–Crippen LogP) is 4.39. The van der Waals surface area contributed by atoms with Gasteiger partial charge in [0, 0.05) is 16.3 Å². The molecule has 6 nitrogen and oxygen atoms in total. The Hall–Kier alpha value is -3.41. The second-order valence-corrected chi connectivity index (χ2v) is 6.96. The fraction of sp³-hybridized carbons (Fsp3) is 0.227. The Bertz CT molecular complexity index is 1250. The number of esters is 1. The van der Waals surface area contributed by atoms with Crippen molar-refractivity contribution in [2.75, 3.05) is 0 Å². The van der Waals surface area contributed by atoms with Crippen LogP contribution in [0.2, 0.25) is 0 Å². The van der Waals surface area contributed by atoms with Gasteiger partial charge in [-0.25, -0.2) is 9.48 Å². The van der Waals surface area contributed by atoms with Gasteiger partial charge in [0.2, 0.25) is 0 Å². The molecule has 2 aromatic heterocycles. The quantitative estimate of drug-likeness (QED) is 0.494. The number of furan rings is 1. The Morgan fingerprint density at radius 3 is 2.39 bits per heavy atom. The van der Waals surface area contributed by atoms with Crippen molar-refractivity contribution in [1.82, 2.24) is 9.78 Å². The average Bonchev–Trinajstić information content (AvgIpc) is 3.02. The SMILES string of the molecule is Cc1c(COC(=O)c2nn(C(C)C)c(=O)c3ccccc23)oc2ccccc12. The van der Waals surface area contributed by atoms with Crippen LogP contribution in [0.1, 0.15) is 41.7 Å². The monoisotopic (exact) mass is 376 g/mol. The predicted molar refractivity (Wildman–Crippen MR) is 106 cm³/mol. The van der Waals surface area contributed by atoms with E-state index in [2.05, 4.69) is 5.10 Å². The maximum absolute atomic E-state index is 12.8. The van der Waals surface area contributed by atoms with Gasteiger partial charge < -0.3 is 9.15 Å². The highest BCUT2D eigenvalue weighted by Gasteiger charge is 2.20. The summed E-state index contributed by atoms with van der Waals surface area (Å²) in [6.45, 7) is 5.61. The van der Waals surface area contributed by atoms with Gasteiger partial charge in [0.05, 0.1) is 11.4 Å². The lowest BCUT2D eigenvalue weighted by Gasteiger charge is -2.13. The molecule has 0 saturated carbocycles. The zero-order valence-electron chi connectivity index (χ0n) is 15.9. The standard InChI is InChI=1S/C22H20N2O4/c1-13(2)24-21(25)17-10-5-4-9-16(17)20(23-24)22(26)27-12-19-14(3)15-8-6-7-11-18(15)28-19/h4-11,13H,12H2,1-3H3. The molecular formula is C22H20N2O4. The molecule has 0 bridgehead atoms. The van der Waals surface area contributed by atoms with Crippen molar-refractivity contribution in [2.24, 2.45) is 0 Å². The minimum absolute atomic E-state index is 0.00381. The summed E-state index contributed by atoms with van der Waals surface area (Å²) in [6, 6.07) is 14.4. The van der Waals surface area contributed by atoms with Crippen LogP contribution in [0.4, 0.5) is 0 Å². The molecule has 0 fully saturated rings. The third-order valence-corrected chi connectivity index (χ3v) is 4.79. The van der Waals surface area contributed by atoms with Crippen molar-refractivity contribution >= 4 is 27.7 Å². The molecule has 2 heterocycles. The number of benzene rings is 2. The molecule has 2 aromatic carbocycles. The summed E-state index contributed by atoms with van der Waals surface area (Å²) >= 11 is 0. The molecule has 28 heavy (non-hydrogen) atoms. The molecule has 0 radical (unpaired) electrons. The minimum Gasteiger partial charge on any atom is -0.457 e. The van der Waals surface area contributed by atoms with Crippen LogP contribution in [0.25, 0.3) is 21.7 Å². The van der Waals surface area contributed by atoms with Gasteiger partial charge >= 0.3 is 5.97 Å². The number of rotatable bonds is 4. The minimum atomic E-state index is -0.592. The van der Waals surface area contributed by atoms with E-state index in [0.29, 0.717) is 16.5 Å².